The number of aromatic nitrogens is 2. The number of hydrogen-bond acceptors (Lipinski definition) is 0. The molecule has 0 N–H and O–H groups in total. The zero-order chi connectivity index (χ0) is 20.7. The van der Waals surface area contributed by atoms with Gasteiger partial charge in [-0.2, -0.15) is 0 Å². The predicted molar refractivity (Wildman–Crippen MR) is 125 cm³/mol. The van der Waals surface area contributed by atoms with Crippen molar-refractivity contribution in [3.05, 3.63) is 77.3 Å². The van der Waals surface area contributed by atoms with Crippen LogP contribution in [0.2, 0.25) is 0 Å². The van der Waals surface area contributed by atoms with E-state index in [1.165, 1.54) is 54.6 Å². The third-order valence-electron chi connectivity index (χ3n) is 6.63. The summed E-state index contributed by atoms with van der Waals surface area (Å²) < 4.78 is 4.66. The summed E-state index contributed by atoms with van der Waals surface area (Å²) in [6.07, 6.45) is 2.18. The number of rotatable bonds is 1. The molecule has 0 radical (unpaired) electrons. The molecule has 6 aromatic rings. The summed E-state index contributed by atoms with van der Waals surface area (Å²) in [4.78, 5) is 3.71. The maximum absolute atomic E-state index is 7.53. The molecule has 0 amide bonds. The van der Waals surface area contributed by atoms with Crippen molar-refractivity contribution in [2.45, 2.75) is 26.7 Å². The van der Waals surface area contributed by atoms with Crippen LogP contribution in [0, 0.1) is 13.5 Å². The van der Waals surface area contributed by atoms with Crippen molar-refractivity contribution in [2.75, 3.05) is 0 Å². The first-order valence-corrected chi connectivity index (χ1v) is 10.4. The van der Waals surface area contributed by atoms with Gasteiger partial charge in [0, 0.05) is 22.4 Å². The van der Waals surface area contributed by atoms with Gasteiger partial charge in [-0.3, -0.25) is 0 Å². The lowest BCUT2D eigenvalue weighted by Crippen LogP contribution is -2.29. The fraction of sp³-hybridized carbons (Fsp3) is 0.185. The maximum Gasteiger partial charge on any atom is 0.224 e. The smallest absolute Gasteiger partial charge is 0.224 e. The largest absolute Gasteiger partial charge is 0.309 e. The molecule has 0 fully saturated rings. The van der Waals surface area contributed by atoms with Gasteiger partial charge in [0.15, 0.2) is 11.9 Å². The van der Waals surface area contributed by atoms with Crippen LogP contribution < -0.4 is 4.57 Å². The van der Waals surface area contributed by atoms with Crippen LogP contribution in [0.4, 0.5) is 5.69 Å². The fourth-order valence-corrected chi connectivity index (χ4v) is 5.13. The Labute approximate surface area is 174 Å². The van der Waals surface area contributed by atoms with Crippen molar-refractivity contribution in [2.24, 2.45) is 7.05 Å². The van der Waals surface area contributed by atoms with Gasteiger partial charge in [0.2, 0.25) is 5.52 Å². The van der Waals surface area contributed by atoms with Crippen LogP contribution >= 0.6 is 0 Å². The van der Waals surface area contributed by atoms with E-state index in [-0.39, 0.29) is 0 Å². The average molecular weight is 388 g/mol. The Kier molecular flexibility index (Phi) is 3.28. The lowest BCUT2D eigenvalue weighted by Gasteiger charge is -2.15. The van der Waals surface area contributed by atoms with E-state index in [1.807, 2.05) is 12.1 Å². The monoisotopic (exact) mass is 388 g/mol. The first kappa shape index (κ1) is 17.2. The van der Waals surface area contributed by atoms with Gasteiger partial charge < -0.3 is 4.40 Å². The van der Waals surface area contributed by atoms with E-state index in [2.05, 4.69) is 84.2 Å². The summed E-state index contributed by atoms with van der Waals surface area (Å²) in [6.45, 7) is 14.2. The normalized spacial score (nSPS) is 12.3. The van der Waals surface area contributed by atoms with Crippen LogP contribution in [0.1, 0.15) is 30.9 Å². The summed E-state index contributed by atoms with van der Waals surface area (Å²) >= 11 is 0. The van der Waals surface area contributed by atoms with Gasteiger partial charge in [0.25, 0.3) is 0 Å². The lowest BCUT2D eigenvalue weighted by molar-refractivity contribution is -0.643. The molecule has 3 nitrogen and oxygen atoms in total. The average Bonchev–Trinajstić information content (AvgIpc) is 3.07. The minimum absolute atomic E-state index is 0.443. The molecule has 3 heteroatoms. The number of aryl methyl sites for hydroxylation is 2. The summed E-state index contributed by atoms with van der Waals surface area (Å²) in [5, 5.41) is 6.32. The summed E-state index contributed by atoms with van der Waals surface area (Å²) in [5.41, 5.74) is 8.17. The van der Waals surface area contributed by atoms with Crippen LogP contribution in [0.3, 0.4) is 0 Å². The summed E-state index contributed by atoms with van der Waals surface area (Å²) in [5.74, 6) is 0.443. The highest BCUT2D eigenvalue weighted by Crippen LogP contribution is 2.42. The summed E-state index contributed by atoms with van der Waals surface area (Å²) in [6, 6.07) is 17.5. The highest BCUT2D eigenvalue weighted by atomic mass is 15.0. The standard InChI is InChI=1S/C27H22N3/c1-15(2)18-12-17-10-11-29(5)27-24-16(3)6-8-21-20-9-7-19(28-4)14-22(20)30(26(21)24)23(13-18)25(17)27/h6-15H,1-3,5H3/q+1. The van der Waals surface area contributed by atoms with Crippen LogP contribution in [0.15, 0.2) is 54.7 Å². The van der Waals surface area contributed by atoms with Crippen molar-refractivity contribution in [1.29, 1.82) is 0 Å². The quantitative estimate of drug-likeness (QED) is 0.127. The first-order chi connectivity index (χ1) is 14.5. The van der Waals surface area contributed by atoms with Crippen molar-refractivity contribution in [1.82, 2.24) is 4.40 Å². The van der Waals surface area contributed by atoms with Crippen molar-refractivity contribution in [3.8, 4) is 0 Å². The molecule has 30 heavy (non-hydrogen) atoms. The summed E-state index contributed by atoms with van der Waals surface area (Å²) in [7, 11) is 2.14. The van der Waals surface area contributed by atoms with Gasteiger partial charge in [-0.15, -0.1) is 0 Å². The third kappa shape index (κ3) is 2.01. The lowest BCUT2D eigenvalue weighted by atomic mass is 9.95. The first-order valence-electron chi connectivity index (χ1n) is 10.4. The highest BCUT2D eigenvalue weighted by Gasteiger charge is 2.24. The van der Waals surface area contributed by atoms with Crippen molar-refractivity contribution < 1.29 is 4.57 Å². The molecule has 6 rings (SSSR count). The molecular weight excluding hydrogens is 366 g/mol. The minimum Gasteiger partial charge on any atom is -0.309 e. The van der Waals surface area contributed by atoms with E-state index in [1.54, 1.807) is 0 Å². The Morgan fingerprint density at radius 3 is 2.50 bits per heavy atom. The molecule has 0 aliphatic carbocycles. The van der Waals surface area contributed by atoms with Gasteiger partial charge in [0.1, 0.15) is 7.05 Å². The Morgan fingerprint density at radius 2 is 1.73 bits per heavy atom. The van der Waals surface area contributed by atoms with E-state index in [4.69, 9.17) is 6.57 Å². The van der Waals surface area contributed by atoms with E-state index < -0.39 is 0 Å². The molecule has 0 atom stereocenters. The number of pyridine rings is 2. The van der Waals surface area contributed by atoms with Gasteiger partial charge in [-0.1, -0.05) is 44.2 Å². The zero-order valence-electron chi connectivity index (χ0n) is 17.6. The van der Waals surface area contributed by atoms with Gasteiger partial charge in [-0.25, -0.2) is 9.41 Å². The van der Waals surface area contributed by atoms with Gasteiger partial charge in [-0.05, 0) is 41.5 Å². The zero-order valence-corrected chi connectivity index (χ0v) is 17.6. The molecular formula is C27H22N3+. The fourth-order valence-electron chi connectivity index (χ4n) is 5.13. The topological polar surface area (TPSA) is 12.6 Å². The predicted octanol–water partition coefficient (Wildman–Crippen LogP) is 6.80. The molecule has 0 bridgehead atoms. The molecule has 3 heterocycles. The van der Waals surface area contributed by atoms with Crippen LogP contribution in [-0.2, 0) is 7.05 Å². The SMILES string of the molecule is [C-]#[N+]c1ccc2c3ccc(C)c4c3n(c2c1)c1cc(C(C)C)cc2cc[n+](C)c4c21. The molecule has 3 aromatic carbocycles. The number of fused-ring (bicyclic) bond motifs is 5. The molecule has 0 saturated carbocycles. The second kappa shape index (κ2) is 5.70. The van der Waals surface area contributed by atoms with Crippen LogP contribution in [-0.4, -0.2) is 4.40 Å². The number of hydrogen-bond donors (Lipinski definition) is 0. The molecule has 0 aliphatic heterocycles. The van der Waals surface area contributed by atoms with Gasteiger partial charge >= 0.3 is 0 Å². The highest BCUT2D eigenvalue weighted by molar-refractivity contribution is 6.26. The van der Waals surface area contributed by atoms with E-state index in [0.29, 0.717) is 11.6 Å². The van der Waals surface area contributed by atoms with E-state index >= 15 is 0 Å². The molecule has 3 aromatic heterocycles. The van der Waals surface area contributed by atoms with Crippen molar-refractivity contribution >= 4 is 54.7 Å². The number of nitrogens with zero attached hydrogens (tertiary/aromatic N) is 3. The molecule has 0 aliphatic rings. The Balaban J connectivity index is 2.07. The van der Waals surface area contributed by atoms with Crippen LogP contribution in [0.25, 0.3) is 53.8 Å². The molecule has 144 valence electrons. The van der Waals surface area contributed by atoms with Crippen molar-refractivity contribution in [3.63, 3.8) is 0 Å². The van der Waals surface area contributed by atoms with E-state index in [9.17, 15) is 0 Å². The number of benzene rings is 3. The second-order valence-electron chi connectivity index (χ2n) is 8.74. The Bertz CT molecular complexity index is 1690. The third-order valence-corrected chi connectivity index (χ3v) is 6.63. The Hall–Kier alpha value is -3.64. The Morgan fingerprint density at radius 1 is 0.933 bits per heavy atom. The van der Waals surface area contributed by atoms with E-state index in [0.717, 1.165) is 5.52 Å². The minimum atomic E-state index is 0.443. The van der Waals surface area contributed by atoms with Gasteiger partial charge in [0.05, 0.1) is 28.4 Å². The van der Waals surface area contributed by atoms with Crippen LogP contribution in [0.5, 0.6) is 0 Å². The molecule has 0 saturated heterocycles. The second-order valence-corrected chi connectivity index (χ2v) is 8.74. The molecule has 0 unspecified atom stereocenters. The maximum atomic E-state index is 7.53. The molecule has 0 spiro atoms.